The zero-order chi connectivity index (χ0) is 13.8. The van der Waals surface area contributed by atoms with Crippen molar-refractivity contribution in [2.75, 3.05) is 6.54 Å². The number of rotatable bonds is 4. The van der Waals surface area contributed by atoms with Crippen molar-refractivity contribution in [3.8, 4) is 5.75 Å². The van der Waals surface area contributed by atoms with E-state index in [9.17, 15) is 4.39 Å². The van der Waals surface area contributed by atoms with Crippen LogP contribution in [0.3, 0.4) is 0 Å². The third kappa shape index (κ3) is 3.69. The molecule has 0 amide bonds. The predicted molar refractivity (Wildman–Crippen MR) is 78.0 cm³/mol. The van der Waals surface area contributed by atoms with Gasteiger partial charge in [0.25, 0.3) is 0 Å². The third-order valence-electron chi connectivity index (χ3n) is 2.62. The number of halogens is 3. The zero-order valence-electron chi connectivity index (χ0n) is 9.95. The van der Waals surface area contributed by atoms with Crippen molar-refractivity contribution in [1.29, 1.82) is 0 Å². The van der Waals surface area contributed by atoms with E-state index in [0.717, 1.165) is 5.56 Å². The van der Waals surface area contributed by atoms with Crippen LogP contribution in [0.25, 0.3) is 0 Å². The molecule has 1 atom stereocenters. The Labute approximate surface area is 124 Å². The zero-order valence-corrected chi connectivity index (χ0v) is 12.3. The van der Waals surface area contributed by atoms with E-state index < -0.39 is 11.9 Å². The molecular weight excluding hydrogens is 333 g/mol. The number of benzene rings is 2. The fraction of sp³-hybridized carbons (Fsp3) is 0.143. The molecule has 0 radical (unpaired) electrons. The molecule has 1 unspecified atom stereocenters. The third-order valence-corrected chi connectivity index (χ3v) is 3.36. The molecule has 0 aromatic heterocycles. The Hall–Kier alpha value is -1.10. The summed E-state index contributed by atoms with van der Waals surface area (Å²) in [5.41, 5.74) is 6.54. The predicted octanol–water partition coefficient (Wildman–Crippen LogP) is 4.32. The monoisotopic (exact) mass is 343 g/mol. The molecule has 2 rings (SSSR count). The van der Waals surface area contributed by atoms with Gasteiger partial charge in [0.15, 0.2) is 11.6 Å². The standard InChI is InChI=1S/C14H12BrClFNO/c15-10-3-6-13(12(17)7-10)19-14(8-18)9-1-4-11(16)5-2-9/h1-7,14H,8,18H2. The first kappa shape index (κ1) is 14.3. The van der Waals surface area contributed by atoms with Gasteiger partial charge in [-0.15, -0.1) is 0 Å². The average Bonchev–Trinajstić information content (AvgIpc) is 2.39. The smallest absolute Gasteiger partial charge is 0.166 e. The maximum absolute atomic E-state index is 13.7. The second-order valence-electron chi connectivity index (χ2n) is 3.97. The Morgan fingerprint density at radius 2 is 1.89 bits per heavy atom. The van der Waals surface area contributed by atoms with Gasteiger partial charge < -0.3 is 10.5 Å². The highest BCUT2D eigenvalue weighted by Crippen LogP contribution is 2.27. The molecule has 2 aromatic carbocycles. The molecule has 0 spiro atoms. The van der Waals surface area contributed by atoms with Gasteiger partial charge in [-0.25, -0.2) is 4.39 Å². The normalized spacial score (nSPS) is 12.2. The summed E-state index contributed by atoms with van der Waals surface area (Å²) in [6, 6.07) is 11.8. The highest BCUT2D eigenvalue weighted by Gasteiger charge is 2.14. The van der Waals surface area contributed by atoms with E-state index in [-0.39, 0.29) is 12.3 Å². The molecule has 2 nitrogen and oxygen atoms in total. The van der Waals surface area contributed by atoms with E-state index in [1.54, 1.807) is 24.3 Å². The van der Waals surface area contributed by atoms with Crippen LogP contribution < -0.4 is 10.5 Å². The number of hydrogen-bond donors (Lipinski definition) is 1. The fourth-order valence-corrected chi connectivity index (χ4v) is 2.11. The van der Waals surface area contributed by atoms with Gasteiger partial charge >= 0.3 is 0 Å². The van der Waals surface area contributed by atoms with Gasteiger partial charge in [-0.05, 0) is 35.9 Å². The van der Waals surface area contributed by atoms with Crippen LogP contribution in [-0.4, -0.2) is 6.54 Å². The van der Waals surface area contributed by atoms with Crippen molar-refractivity contribution < 1.29 is 9.13 Å². The lowest BCUT2D eigenvalue weighted by molar-refractivity contribution is 0.204. The molecule has 5 heteroatoms. The summed E-state index contributed by atoms with van der Waals surface area (Å²) in [6.07, 6.45) is -0.409. The molecular formula is C14H12BrClFNO. The largest absolute Gasteiger partial charge is 0.481 e. The minimum absolute atomic E-state index is 0.175. The van der Waals surface area contributed by atoms with Crippen LogP contribution >= 0.6 is 27.5 Å². The molecule has 2 N–H and O–H groups in total. The van der Waals surface area contributed by atoms with Crippen molar-refractivity contribution in [3.63, 3.8) is 0 Å². The van der Waals surface area contributed by atoms with Crippen LogP contribution in [0.15, 0.2) is 46.9 Å². The number of nitrogens with two attached hydrogens (primary N) is 1. The summed E-state index contributed by atoms with van der Waals surface area (Å²) in [6.45, 7) is 0.247. The van der Waals surface area contributed by atoms with Crippen LogP contribution in [0.1, 0.15) is 11.7 Å². The van der Waals surface area contributed by atoms with Crippen LogP contribution in [0, 0.1) is 5.82 Å². The number of ether oxygens (including phenoxy) is 1. The van der Waals surface area contributed by atoms with Gasteiger partial charge in [0.1, 0.15) is 6.10 Å². The van der Waals surface area contributed by atoms with Crippen LogP contribution in [-0.2, 0) is 0 Å². The minimum Gasteiger partial charge on any atom is -0.481 e. The van der Waals surface area contributed by atoms with Gasteiger partial charge in [0, 0.05) is 16.0 Å². The Bertz CT molecular complexity index is 562. The van der Waals surface area contributed by atoms with Gasteiger partial charge in [0.2, 0.25) is 0 Å². The Morgan fingerprint density at radius 1 is 1.21 bits per heavy atom. The quantitative estimate of drug-likeness (QED) is 0.896. The van der Waals surface area contributed by atoms with E-state index in [1.165, 1.54) is 6.07 Å². The lowest BCUT2D eigenvalue weighted by atomic mass is 10.1. The molecule has 0 saturated carbocycles. The Kier molecular flexibility index (Phi) is 4.80. The van der Waals surface area contributed by atoms with Crippen molar-refractivity contribution in [1.82, 2.24) is 0 Å². The highest BCUT2D eigenvalue weighted by atomic mass is 79.9. The SMILES string of the molecule is NCC(Oc1ccc(Br)cc1F)c1ccc(Cl)cc1. The Morgan fingerprint density at radius 3 is 2.47 bits per heavy atom. The van der Waals surface area contributed by atoms with E-state index >= 15 is 0 Å². The first-order chi connectivity index (χ1) is 9.10. The van der Waals surface area contributed by atoms with Crippen LogP contribution in [0.5, 0.6) is 5.75 Å². The summed E-state index contributed by atoms with van der Waals surface area (Å²) in [5, 5.41) is 0.634. The molecule has 0 heterocycles. The summed E-state index contributed by atoms with van der Waals surface area (Å²) in [7, 11) is 0. The second-order valence-corrected chi connectivity index (χ2v) is 5.32. The molecule has 0 bridgehead atoms. The number of hydrogen-bond acceptors (Lipinski definition) is 2. The van der Waals surface area contributed by atoms with Crippen molar-refractivity contribution in [3.05, 3.63) is 63.3 Å². The Balaban J connectivity index is 2.21. The van der Waals surface area contributed by atoms with Gasteiger partial charge in [-0.3, -0.25) is 0 Å². The lowest BCUT2D eigenvalue weighted by Crippen LogP contribution is -2.18. The second kappa shape index (κ2) is 6.37. The molecule has 2 aromatic rings. The van der Waals surface area contributed by atoms with E-state index in [0.29, 0.717) is 9.50 Å². The minimum atomic E-state index is -0.429. The van der Waals surface area contributed by atoms with Crippen molar-refractivity contribution in [2.24, 2.45) is 5.73 Å². The topological polar surface area (TPSA) is 35.2 Å². The molecule has 0 fully saturated rings. The van der Waals surface area contributed by atoms with Crippen LogP contribution in [0.2, 0.25) is 5.02 Å². The molecule has 100 valence electrons. The van der Waals surface area contributed by atoms with Crippen molar-refractivity contribution >= 4 is 27.5 Å². The first-order valence-corrected chi connectivity index (χ1v) is 6.84. The average molecular weight is 345 g/mol. The van der Waals surface area contributed by atoms with Gasteiger partial charge in [-0.2, -0.15) is 0 Å². The maximum atomic E-state index is 13.7. The summed E-state index contributed by atoms with van der Waals surface area (Å²) in [5.74, 6) is -0.254. The summed E-state index contributed by atoms with van der Waals surface area (Å²) >= 11 is 9.02. The molecule has 0 aliphatic heterocycles. The van der Waals surface area contributed by atoms with Gasteiger partial charge in [0.05, 0.1) is 0 Å². The van der Waals surface area contributed by atoms with Crippen LogP contribution in [0.4, 0.5) is 4.39 Å². The summed E-state index contributed by atoms with van der Waals surface area (Å²) in [4.78, 5) is 0. The highest BCUT2D eigenvalue weighted by molar-refractivity contribution is 9.10. The fourth-order valence-electron chi connectivity index (χ4n) is 1.65. The van der Waals surface area contributed by atoms with Crippen molar-refractivity contribution in [2.45, 2.75) is 6.10 Å². The molecule has 0 aliphatic carbocycles. The molecule has 19 heavy (non-hydrogen) atoms. The van der Waals surface area contributed by atoms with Gasteiger partial charge in [-0.1, -0.05) is 39.7 Å². The molecule has 0 saturated heterocycles. The first-order valence-electron chi connectivity index (χ1n) is 5.67. The van der Waals surface area contributed by atoms with E-state index in [1.807, 2.05) is 12.1 Å². The lowest BCUT2D eigenvalue weighted by Gasteiger charge is -2.18. The van der Waals surface area contributed by atoms with E-state index in [4.69, 9.17) is 22.1 Å². The van der Waals surface area contributed by atoms with E-state index in [2.05, 4.69) is 15.9 Å². The molecule has 0 aliphatic rings. The maximum Gasteiger partial charge on any atom is 0.166 e. The summed E-state index contributed by atoms with van der Waals surface area (Å²) < 4.78 is 20.0.